The first-order valence-electron chi connectivity index (χ1n) is 4.56. The molecule has 5 nitrogen and oxygen atoms in total. The van der Waals surface area contributed by atoms with E-state index in [-0.39, 0.29) is 12.5 Å². The van der Waals surface area contributed by atoms with Crippen LogP contribution >= 0.6 is 0 Å². The first-order valence-corrected chi connectivity index (χ1v) is 4.56. The highest BCUT2D eigenvalue weighted by atomic mass is 16.5. The van der Waals surface area contributed by atoms with Gasteiger partial charge in [-0.05, 0) is 19.8 Å². The van der Waals surface area contributed by atoms with E-state index < -0.39 is 11.5 Å². The van der Waals surface area contributed by atoms with Crippen LogP contribution in [0.4, 0.5) is 4.79 Å². The second-order valence-electron chi connectivity index (χ2n) is 3.86. The van der Waals surface area contributed by atoms with Crippen molar-refractivity contribution < 1.29 is 19.4 Å². The van der Waals surface area contributed by atoms with Crippen molar-refractivity contribution in [1.29, 1.82) is 0 Å². The highest BCUT2D eigenvalue weighted by Gasteiger charge is 2.40. The van der Waals surface area contributed by atoms with Crippen LogP contribution in [0.25, 0.3) is 0 Å². The van der Waals surface area contributed by atoms with Gasteiger partial charge < -0.3 is 14.7 Å². The molecule has 1 fully saturated rings. The summed E-state index contributed by atoms with van der Waals surface area (Å²) in [6.45, 7) is 2.48. The van der Waals surface area contributed by atoms with E-state index in [1.54, 1.807) is 6.92 Å². The molecular weight excluding hydrogens is 186 g/mol. The topological polar surface area (TPSA) is 66.8 Å². The average Bonchev–Trinajstić information content (AvgIpc) is 2.16. The number of piperidine rings is 1. The second-order valence-corrected chi connectivity index (χ2v) is 3.86. The number of methoxy groups -OCH3 is 1. The first-order chi connectivity index (χ1) is 6.49. The molecule has 1 unspecified atom stereocenters. The maximum absolute atomic E-state index is 11.4. The smallest absolute Gasteiger partial charge is 0.407 e. The number of carbonyl (C=O) groups is 2. The van der Waals surface area contributed by atoms with Crippen molar-refractivity contribution in [2.75, 3.05) is 20.2 Å². The molecule has 1 saturated heterocycles. The summed E-state index contributed by atoms with van der Waals surface area (Å²) in [5, 5.41) is 8.80. The van der Waals surface area contributed by atoms with Gasteiger partial charge in [-0.25, -0.2) is 4.79 Å². The lowest BCUT2D eigenvalue weighted by molar-refractivity contribution is -0.154. The van der Waals surface area contributed by atoms with Gasteiger partial charge >= 0.3 is 12.1 Å². The standard InChI is InChI=1S/C9H15NO4/c1-9(7(11)14-2)4-3-5-10(6-9)8(12)13/h3-6H2,1-2H3,(H,12,13). The fraction of sp³-hybridized carbons (Fsp3) is 0.778. The Morgan fingerprint density at radius 3 is 2.64 bits per heavy atom. The molecule has 5 heteroatoms. The second kappa shape index (κ2) is 3.86. The van der Waals surface area contributed by atoms with E-state index in [2.05, 4.69) is 4.74 Å². The number of carboxylic acid groups (broad SMARTS) is 1. The zero-order chi connectivity index (χ0) is 10.8. The predicted octanol–water partition coefficient (Wildman–Crippen LogP) is 0.940. The van der Waals surface area contributed by atoms with Gasteiger partial charge in [-0.2, -0.15) is 0 Å². The monoisotopic (exact) mass is 201 g/mol. The molecule has 0 aliphatic carbocycles. The van der Waals surface area contributed by atoms with Crippen molar-refractivity contribution in [1.82, 2.24) is 4.90 Å². The Balaban J connectivity index is 2.71. The lowest BCUT2D eigenvalue weighted by atomic mass is 9.82. The SMILES string of the molecule is COC(=O)C1(C)CCCN(C(=O)O)C1. The van der Waals surface area contributed by atoms with Crippen LogP contribution in [0, 0.1) is 5.41 Å². The van der Waals surface area contributed by atoms with Crippen LogP contribution in [0.1, 0.15) is 19.8 Å². The van der Waals surface area contributed by atoms with Gasteiger partial charge in [0.25, 0.3) is 0 Å². The van der Waals surface area contributed by atoms with Crippen LogP contribution in [-0.4, -0.2) is 42.3 Å². The molecule has 14 heavy (non-hydrogen) atoms. The molecule has 1 atom stereocenters. The normalized spacial score (nSPS) is 27.1. The van der Waals surface area contributed by atoms with Gasteiger partial charge in [-0.3, -0.25) is 4.79 Å². The van der Waals surface area contributed by atoms with E-state index in [9.17, 15) is 9.59 Å². The Morgan fingerprint density at radius 1 is 1.50 bits per heavy atom. The zero-order valence-electron chi connectivity index (χ0n) is 8.45. The lowest BCUT2D eigenvalue weighted by Gasteiger charge is -2.36. The van der Waals surface area contributed by atoms with Gasteiger partial charge in [-0.1, -0.05) is 0 Å². The number of nitrogens with zero attached hydrogens (tertiary/aromatic N) is 1. The molecule has 1 aliphatic rings. The fourth-order valence-electron chi connectivity index (χ4n) is 1.82. The van der Waals surface area contributed by atoms with Gasteiger partial charge in [0.05, 0.1) is 12.5 Å². The summed E-state index contributed by atoms with van der Waals surface area (Å²) in [7, 11) is 1.33. The molecule has 0 aromatic heterocycles. The van der Waals surface area contributed by atoms with Crippen LogP contribution in [-0.2, 0) is 9.53 Å². The molecule has 0 aromatic carbocycles. The van der Waals surface area contributed by atoms with Crippen LogP contribution in [0.15, 0.2) is 0 Å². The number of amides is 1. The number of esters is 1. The Morgan fingerprint density at radius 2 is 2.14 bits per heavy atom. The summed E-state index contributed by atoms with van der Waals surface area (Å²) in [6, 6.07) is 0. The van der Waals surface area contributed by atoms with Crippen LogP contribution in [0.5, 0.6) is 0 Å². The number of hydrogen-bond acceptors (Lipinski definition) is 3. The summed E-state index contributed by atoms with van der Waals surface area (Å²) in [4.78, 5) is 23.4. The summed E-state index contributed by atoms with van der Waals surface area (Å²) < 4.78 is 4.66. The molecule has 80 valence electrons. The quantitative estimate of drug-likeness (QED) is 0.641. The van der Waals surface area contributed by atoms with Crippen molar-refractivity contribution in [3.8, 4) is 0 Å². The highest BCUT2D eigenvalue weighted by Crippen LogP contribution is 2.30. The molecular formula is C9H15NO4. The molecule has 1 aliphatic heterocycles. The average molecular weight is 201 g/mol. The molecule has 1 N–H and O–H groups in total. The van der Waals surface area contributed by atoms with Crippen molar-refractivity contribution >= 4 is 12.1 Å². The van der Waals surface area contributed by atoms with E-state index in [0.29, 0.717) is 19.4 Å². The Hall–Kier alpha value is -1.26. The number of likely N-dealkylation sites (tertiary alicyclic amines) is 1. The molecule has 1 heterocycles. The third kappa shape index (κ3) is 1.97. The number of carbonyl (C=O) groups excluding carboxylic acids is 1. The third-order valence-electron chi connectivity index (χ3n) is 2.65. The summed E-state index contributed by atoms with van der Waals surface area (Å²) in [6.07, 6.45) is 0.418. The van der Waals surface area contributed by atoms with Crippen LogP contribution < -0.4 is 0 Å². The minimum absolute atomic E-state index is 0.231. The van der Waals surface area contributed by atoms with E-state index in [0.717, 1.165) is 0 Å². The number of hydrogen-bond donors (Lipinski definition) is 1. The number of rotatable bonds is 1. The Bertz CT molecular complexity index is 253. The van der Waals surface area contributed by atoms with Gasteiger partial charge in [0.2, 0.25) is 0 Å². The zero-order valence-corrected chi connectivity index (χ0v) is 8.45. The van der Waals surface area contributed by atoms with Crippen molar-refractivity contribution in [3.05, 3.63) is 0 Å². The minimum atomic E-state index is -0.972. The van der Waals surface area contributed by atoms with E-state index in [1.807, 2.05) is 0 Å². The summed E-state index contributed by atoms with van der Waals surface area (Å²) in [5.41, 5.74) is -0.675. The van der Waals surface area contributed by atoms with Crippen molar-refractivity contribution in [2.45, 2.75) is 19.8 Å². The van der Waals surface area contributed by atoms with E-state index in [4.69, 9.17) is 5.11 Å². The van der Waals surface area contributed by atoms with E-state index in [1.165, 1.54) is 12.0 Å². The van der Waals surface area contributed by atoms with Crippen molar-refractivity contribution in [2.24, 2.45) is 5.41 Å². The largest absolute Gasteiger partial charge is 0.469 e. The summed E-state index contributed by atoms with van der Waals surface area (Å²) in [5.74, 6) is -0.330. The molecule has 1 amide bonds. The van der Waals surface area contributed by atoms with Gasteiger partial charge in [0, 0.05) is 13.1 Å². The first kappa shape index (κ1) is 10.8. The highest BCUT2D eigenvalue weighted by molar-refractivity contribution is 5.77. The summed E-state index contributed by atoms with van der Waals surface area (Å²) >= 11 is 0. The Labute approximate surface area is 82.6 Å². The maximum atomic E-state index is 11.4. The molecule has 0 radical (unpaired) electrons. The predicted molar refractivity (Wildman–Crippen MR) is 49.0 cm³/mol. The van der Waals surface area contributed by atoms with Crippen LogP contribution in [0.2, 0.25) is 0 Å². The van der Waals surface area contributed by atoms with Gasteiger partial charge in [0.1, 0.15) is 0 Å². The molecule has 0 spiro atoms. The van der Waals surface area contributed by atoms with Gasteiger partial charge in [0.15, 0.2) is 0 Å². The van der Waals surface area contributed by atoms with Crippen LogP contribution in [0.3, 0.4) is 0 Å². The molecule has 0 bridgehead atoms. The maximum Gasteiger partial charge on any atom is 0.407 e. The van der Waals surface area contributed by atoms with Gasteiger partial charge in [-0.15, -0.1) is 0 Å². The van der Waals surface area contributed by atoms with Crippen molar-refractivity contribution in [3.63, 3.8) is 0 Å². The fourth-order valence-corrected chi connectivity index (χ4v) is 1.82. The molecule has 0 saturated carbocycles. The van der Waals surface area contributed by atoms with E-state index >= 15 is 0 Å². The number of ether oxygens (including phenoxy) is 1. The third-order valence-corrected chi connectivity index (χ3v) is 2.65. The minimum Gasteiger partial charge on any atom is -0.469 e. The molecule has 1 rings (SSSR count). The lowest BCUT2D eigenvalue weighted by Crippen LogP contribution is -2.48. The Kier molecular flexibility index (Phi) is 2.98. The molecule has 0 aromatic rings.